The van der Waals surface area contributed by atoms with Crippen molar-refractivity contribution in [3.63, 3.8) is 0 Å². The molecular formula is C11H16O. The van der Waals surface area contributed by atoms with Crippen LogP contribution < -0.4 is 0 Å². The van der Waals surface area contributed by atoms with E-state index in [1.807, 2.05) is 12.1 Å². The fraction of sp³-hybridized carbons (Fsp3) is 0.455. The summed E-state index contributed by atoms with van der Waals surface area (Å²) in [5.41, 5.74) is 1.59. The lowest BCUT2D eigenvalue weighted by Crippen LogP contribution is -2.08. The van der Waals surface area contributed by atoms with E-state index in [-0.39, 0.29) is 0 Å². The molecule has 0 atom stereocenters. The molecule has 0 saturated carbocycles. The number of rotatable bonds is 1. The summed E-state index contributed by atoms with van der Waals surface area (Å²) < 4.78 is 0. The summed E-state index contributed by atoms with van der Waals surface area (Å²) in [5.74, 6) is 0.340. The van der Waals surface area contributed by atoms with Gasteiger partial charge in [-0.25, -0.2) is 0 Å². The van der Waals surface area contributed by atoms with Crippen LogP contribution in [0.1, 0.15) is 26.3 Å². The Morgan fingerprint density at radius 1 is 1.08 bits per heavy atom. The molecule has 1 aromatic carbocycles. The Morgan fingerprint density at radius 2 is 1.58 bits per heavy atom. The van der Waals surface area contributed by atoms with Crippen LogP contribution in [-0.2, 0) is 6.42 Å². The zero-order chi connectivity index (χ0) is 9.19. The van der Waals surface area contributed by atoms with E-state index in [2.05, 4.69) is 20.8 Å². The first-order valence-electron chi connectivity index (χ1n) is 4.25. The van der Waals surface area contributed by atoms with E-state index >= 15 is 0 Å². The molecular weight excluding hydrogens is 148 g/mol. The first-order chi connectivity index (χ1) is 5.47. The van der Waals surface area contributed by atoms with Crippen LogP contribution >= 0.6 is 0 Å². The maximum atomic E-state index is 9.05. The molecule has 0 aromatic heterocycles. The Kier molecular flexibility index (Phi) is 2.41. The monoisotopic (exact) mass is 164 g/mol. The lowest BCUT2D eigenvalue weighted by Gasteiger charge is -2.17. The third-order valence-electron chi connectivity index (χ3n) is 1.67. The van der Waals surface area contributed by atoms with E-state index in [0.29, 0.717) is 11.2 Å². The molecule has 0 radical (unpaired) electrons. The quantitative estimate of drug-likeness (QED) is 0.676. The van der Waals surface area contributed by atoms with Crippen molar-refractivity contribution in [2.75, 3.05) is 0 Å². The molecule has 66 valence electrons. The van der Waals surface area contributed by atoms with Gasteiger partial charge in [0.2, 0.25) is 0 Å². The van der Waals surface area contributed by atoms with Crippen molar-refractivity contribution in [1.29, 1.82) is 0 Å². The van der Waals surface area contributed by atoms with Crippen molar-refractivity contribution >= 4 is 0 Å². The van der Waals surface area contributed by atoms with Gasteiger partial charge < -0.3 is 5.11 Å². The van der Waals surface area contributed by atoms with E-state index in [9.17, 15) is 0 Å². The topological polar surface area (TPSA) is 20.2 Å². The van der Waals surface area contributed by atoms with Crippen LogP contribution in [-0.4, -0.2) is 5.11 Å². The van der Waals surface area contributed by atoms with Gasteiger partial charge in [-0.3, -0.25) is 0 Å². The van der Waals surface area contributed by atoms with Crippen LogP contribution in [0.2, 0.25) is 0 Å². The molecule has 1 rings (SSSR count). The number of phenols is 1. The van der Waals surface area contributed by atoms with E-state index in [1.165, 1.54) is 5.56 Å². The van der Waals surface area contributed by atoms with Crippen LogP contribution in [0.15, 0.2) is 24.3 Å². The maximum absolute atomic E-state index is 9.05. The molecule has 0 spiro atoms. The van der Waals surface area contributed by atoms with Gasteiger partial charge in [0.25, 0.3) is 0 Å². The molecule has 0 fully saturated rings. The first-order valence-corrected chi connectivity index (χ1v) is 4.25. The van der Waals surface area contributed by atoms with Crippen LogP contribution in [0.25, 0.3) is 0 Å². The molecule has 1 N–H and O–H groups in total. The average Bonchev–Trinajstić information content (AvgIpc) is 1.91. The second kappa shape index (κ2) is 3.18. The first kappa shape index (κ1) is 9.11. The van der Waals surface area contributed by atoms with Gasteiger partial charge in [0, 0.05) is 0 Å². The molecule has 0 unspecified atom stereocenters. The molecule has 0 aliphatic carbocycles. The molecule has 1 nitrogen and oxygen atoms in total. The van der Waals surface area contributed by atoms with Crippen molar-refractivity contribution in [3.8, 4) is 5.75 Å². The van der Waals surface area contributed by atoms with Crippen molar-refractivity contribution in [2.45, 2.75) is 27.2 Å². The Hall–Kier alpha value is -0.980. The van der Waals surface area contributed by atoms with E-state index in [4.69, 9.17) is 5.11 Å². The van der Waals surface area contributed by atoms with Crippen molar-refractivity contribution in [1.82, 2.24) is 0 Å². The Bertz CT molecular complexity index is 241. The van der Waals surface area contributed by atoms with Crippen LogP contribution in [0.3, 0.4) is 0 Å². The zero-order valence-electron chi connectivity index (χ0n) is 7.96. The Balaban J connectivity index is 2.71. The van der Waals surface area contributed by atoms with Crippen molar-refractivity contribution in [2.24, 2.45) is 5.41 Å². The predicted molar refractivity (Wildman–Crippen MR) is 51.3 cm³/mol. The second-order valence-electron chi connectivity index (χ2n) is 4.40. The third kappa shape index (κ3) is 2.95. The summed E-state index contributed by atoms with van der Waals surface area (Å²) >= 11 is 0. The van der Waals surface area contributed by atoms with Gasteiger partial charge in [0.05, 0.1) is 0 Å². The average molecular weight is 164 g/mol. The maximum Gasteiger partial charge on any atom is 0.115 e. The molecule has 0 aliphatic heterocycles. The summed E-state index contributed by atoms with van der Waals surface area (Å²) in [6, 6.07) is 7.42. The minimum atomic E-state index is 0.316. The Morgan fingerprint density at radius 3 is 2.00 bits per heavy atom. The van der Waals surface area contributed by atoms with Gasteiger partial charge >= 0.3 is 0 Å². The molecule has 1 heteroatoms. The fourth-order valence-electron chi connectivity index (χ4n) is 1.23. The van der Waals surface area contributed by atoms with Gasteiger partial charge in [0.1, 0.15) is 5.75 Å². The minimum Gasteiger partial charge on any atom is -0.508 e. The molecule has 1 aromatic rings. The highest BCUT2D eigenvalue weighted by molar-refractivity contribution is 5.26. The smallest absolute Gasteiger partial charge is 0.115 e. The van der Waals surface area contributed by atoms with Crippen LogP contribution in [0.4, 0.5) is 0 Å². The van der Waals surface area contributed by atoms with Gasteiger partial charge in [-0.15, -0.1) is 0 Å². The normalized spacial score (nSPS) is 11.6. The number of hydrogen-bond acceptors (Lipinski definition) is 1. The number of benzene rings is 1. The van der Waals surface area contributed by atoms with Crippen LogP contribution in [0, 0.1) is 5.41 Å². The van der Waals surface area contributed by atoms with Crippen LogP contribution in [0.5, 0.6) is 5.75 Å². The zero-order valence-corrected chi connectivity index (χ0v) is 7.96. The summed E-state index contributed by atoms with van der Waals surface area (Å²) in [4.78, 5) is 0. The summed E-state index contributed by atoms with van der Waals surface area (Å²) in [6.45, 7) is 6.62. The molecule has 0 saturated heterocycles. The highest BCUT2D eigenvalue weighted by Gasteiger charge is 2.10. The van der Waals surface area contributed by atoms with Gasteiger partial charge in [-0.2, -0.15) is 0 Å². The largest absolute Gasteiger partial charge is 0.508 e. The summed E-state index contributed by atoms with van der Waals surface area (Å²) in [6.07, 6.45) is 1.05. The molecule has 0 amide bonds. The lowest BCUT2D eigenvalue weighted by atomic mass is 9.88. The number of aromatic hydroxyl groups is 1. The second-order valence-corrected chi connectivity index (χ2v) is 4.40. The molecule has 0 aliphatic rings. The third-order valence-corrected chi connectivity index (χ3v) is 1.67. The minimum absolute atomic E-state index is 0.316. The highest BCUT2D eigenvalue weighted by Crippen LogP contribution is 2.21. The SMILES string of the molecule is CC(C)(C)Cc1ccc(O)cc1. The molecule has 12 heavy (non-hydrogen) atoms. The van der Waals surface area contributed by atoms with Gasteiger partial charge in [-0.05, 0) is 29.5 Å². The summed E-state index contributed by atoms with van der Waals surface area (Å²) in [7, 11) is 0. The Labute approximate surface area is 74.1 Å². The number of hydrogen-bond donors (Lipinski definition) is 1. The number of phenolic OH excluding ortho intramolecular Hbond substituents is 1. The fourth-order valence-corrected chi connectivity index (χ4v) is 1.23. The molecule has 0 bridgehead atoms. The predicted octanol–water partition coefficient (Wildman–Crippen LogP) is 2.98. The van der Waals surface area contributed by atoms with Crippen molar-refractivity contribution in [3.05, 3.63) is 29.8 Å². The van der Waals surface area contributed by atoms with E-state index in [1.54, 1.807) is 12.1 Å². The van der Waals surface area contributed by atoms with E-state index < -0.39 is 0 Å². The van der Waals surface area contributed by atoms with Gasteiger partial charge in [-0.1, -0.05) is 32.9 Å². The standard InChI is InChI=1S/C11H16O/c1-11(2,3)8-9-4-6-10(12)7-5-9/h4-7,12H,8H2,1-3H3. The summed E-state index contributed by atoms with van der Waals surface area (Å²) in [5, 5.41) is 9.05. The van der Waals surface area contributed by atoms with Crippen molar-refractivity contribution < 1.29 is 5.11 Å². The highest BCUT2D eigenvalue weighted by atomic mass is 16.3. The van der Waals surface area contributed by atoms with Gasteiger partial charge in [0.15, 0.2) is 0 Å². The van der Waals surface area contributed by atoms with E-state index in [0.717, 1.165) is 6.42 Å². The molecule has 0 heterocycles. The lowest BCUT2D eigenvalue weighted by molar-refractivity contribution is 0.410.